The van der Waals surface area contributed by atoms with Crippen LogP contribution in [-0.2, 0) is 17.9 Å². The van der Waals surface area contributed by atoms with Crippen molar-refractivity contribution in [3.63, 3.8) is 0 Å². The highest BCUT2D eigenvalue weighted by molar-refractivity contribution is 7.99. The Hall–Kier alpha value is -2.80. The molecule has 0 saturated heterocycles. The number of carbonyl (C=O) groups is 1. The molecule has 0 atom stereocenters. The van der Waals surface area contributed by atoms with Crippen LogP contribution in [0.5, 0.6) is 0 Å². The van der Waals surface area contributed by atoms with E-state index in [0.29, 0.717) is 18.2 Å². The van der Waals surface area contributed by atoms with E-state index in [9.17, 15) is 4.79 Å². The van der Waals surface area contributed by atoms with Crippen LogP contribution < -0.4 is 0 Å². The van der Waals surface area contributed by atoms with Crippen LogP contribution in [0, 0.1) is 6.92 Å². The van der Waals surface area contributed by atoms with E-state index >= 15 is 0 Å². The first-order chi connectivity index (χ1) is 13.1. The predicted octanol–water partition coefficient (Wildman–Crippen LogP) is 3.78. The van der Waals surface area contributed by atoms with Gasteiger partial charge in [0.05, 0.1) is 12.3 Å². The van der Waals surface area contributed by atoms with E-state index in [1.165, 1.54) is 11.8 Å². The number of benzene rings is 1. The maximum atomic E-state index is 12.5. The lowest BCUT2D eigenvalue weighted by molar-refractivity contribution is -0.127. The average Bonchev–Trinajstić information content (AvgIpc) is 3.26. The second-order valence-corrected chi connectivity index (χ2v) is 7.06. The summed E-state index contributed by atoms with van der Waals surface area (Å²) in [7, 11) is 1.77. The van der Waals surface area contributed by atoms with E-state index < -0.39 is 0 Å². The fourth-order valence-electron chi connectivity index (χ4n) is 2.62. The maximum absolute atomic E-state index is 12.5. The first-order valence-electron chi connectivity index (χ1n) is 8.60. The smallest absolute Gasteiger partial charge is 0.233 e. The first kappa shape index (κ1) is 19.0. The molecule has 0 unspecified atom stereocenters. The summed E-state index contributed by atoms with van der Waals surface area (Å²) in [4.78, 5) is 14.1. The van der Waals surface area contributed by atoms with Crippen molar-refractivity contribution in [1.29, 1.82) is 0 Å². The lowest BCUT2D eigenvalue weighted by atomic mass is 10.2. The maximum Gasteiger partial charge on any atom is 0.233 e. The summed E-state index contributed by atoms with van der Waals surface area (Å²) in [5, 5.41) is 9.27. The molecule has 0 saturated carbocycles. The van der Waals surface area contributed by atoms with Crippen molar-refractivity contribution in [1.82, 2.24) is 19.7 Å². The van der Waals surface area contributed by atoms with E-state index in [2.05, 4.69) is 16.8 Å². The quantitative estimate of drug-likeness (QED) is 0.438. The topological polar surface area (TPSA) is 64.2 Å². The van der Waals surface area contributed by atoms with Gasteiger partial charge >= 0.3 is 0 Å². The normalized spacial score (nSPS) is 10.7. The van der Waals surface area contributed by atoms with Gasteiger partial charge in [0, 0.05) is 19.2 Å². The molecule has 1 aromatic carbocycles. The minimum absolute atomic E-state index is 0.00321. The van der Waals surface area contributed by atoms with Gasteiger partial charge < -0.3 is 9.32 Å². The standard InChI is InChI=1S/C20H22N4O2S/c1-4-12-24-19(16-8-6-5-7-9-16)21-22-20(24)27-14-18(25)23(3)13-17-11-10-15(2)26-17/h4-11H,1,12-14H2,2-3H3. The van der Waals surface area contributed by atoms with Gasteiger partial charge in [0.25, 0.3) is 0 Å². The fourth-order valence-corrected chi connectivity index (χ4v) is 3.51. The molecular formula is C20H22N4O2S. The molecule has 3 aromatic rings. The second kappa shape index (κ2) is 8.73. The SMILES string of the molecule is C=CCn1c(SCC(=O)N(C)Cc2ccc(C)o2)nnc1-c1ccccc1. The highest BCUT2D eigenvalue weighted by atomic mass is 32.2. The third-order valence-corrected chi connectivity index (χ3v) is 4.95. The second-order valence-electron chi connectivity index (χ2n) is 6.12. The molecule has 6 nitrogen and oxygen atoms in total. The van der Waals surface area contributed by atoms with Gasteiger partial charge in [-0.3, -0.25) is 9.36 Å². The van der Waals surface area contributed by atoms with Gasteiger partial charge in [-0.25, -0.2) is 0 Å². The molecule has 2 aromatic heterocycles. The van der Waals surface area contributed by atoms with Crippen molar-refractivity contribution >= 4 is 17.7 Å². The molecule has 0 aliphatic heterocycles. The lowest BCUT2D eigenvalue weighted by Crippen LogP contribution is -2.27. The molecule has 0 radical (unpaired) electrons. The zero-order valence-corrected chi connectivity index (χ0v) is 16.3. The number of thioether (sulfide) groups is 1. The van der Waals surface area contributed by atoms with Crippen LogP contribution >= 0.6 is 11.8 Å². The summed E-state index contributed by atoms with van der Waals surface area (Å²) < 4.78 is 7.50. The number of allylic oxidation sites excluding steroid dienone is 1. The van der Waals surface area contributed by atoms with Crippen LogP contribution in [0.15, 0.2) is 64.7 Å². The minimum Gasteiger partial charge on any atom is -0.464 e. The number of amides is 1. The van der Waals surface area contributed by atoms with E-state index in [1.54, 1.807) is 18.0 Å². The number of hydrogen-bond acceptors (Lipinski definition) is 5. The zero-order chi connectivity index (χ0) is 19.2. The number of aryl methyl sites for hydroxylation is 1. The predicted molar refractivity (Wildman–Crippen MR) is 106 cm³/mol. The Balaban J connectivity index is 1.67. The fraction of sp³-hybridized carbons (Fsp3) is 0.250. The number of nitrogens with zero attached hydrogens (tertiary/aromatic N) is 4. The van der Waals surface area contributed by atoms with Crippen molar-refractivity contribution in [2.45, 2.75) is 25.2 Å². The van der Waals surface area contributed by atoms with Crippen molar-refractivity contribution in [3.05, 3.63) is 66.6 Å². The lowest BCUT2D eigenvalue weighted by Gasteiger charge is -2.15. The van der Waals surface area contributed by atoms with Crippen LogP contribution in [0.1, 0.15) is 11.5 Å². The van der Waals surface area contributed by atoms with E-state index in [0.717, 1.165) is 22.9 Å². The first-order valence-corrected chi connectivity index (χ1v) is 9.58. The van der Waals surface area contributed by atoms with Crippen molar-refractivity contribution in [2.24, 2.45) is 0 Å². The Morgan fingerprint density at radius 1 is 1.26 bits per heavy atom. The van der Waals surface area contributed by atoms with E-state index in [1.807, 2.05) is 54.0 Å². The zero-order valence-electron chi connectivity index (χ0n) is 15.5. The van der Waals surface area contributed by atoms with Crippen LogP contribution in [0.2, 0.25) is 0 Å². The number of aromatic nitrogens is 3. The Morgan fingerprint density at radius 3 is 2.70 bits per heavy atom. The third kappa shape index (κ3) is 4.68. The summed E-state index contributed by atoms with van der Waals surface area (Å²) in [6.07, 6.45) is 1.80. The highest BCUT2D eigenvalue weighted by Gasteiger charge is 2.17. The molecule has 3 rings (SSSR count). The molecule has 0 N–H and O–H groups in total. The molecule has 2 heterocycles. The summed E-state index contributed by atoms with van der Waals surface area (Å²) >= 11 is 1.37. The molecule has 0 aliphatic rings. The Bertz CT molecular complexity index is 917. The summed E-state index contributed by atoms with van der Waals surface area (Å²) in [5.41, 5.74) is 0.982. The van der Waals surface area contributed by atoms with Gasteiger partial charge in [0.1, 0.15) is 11.5 Å². The summed E-state index contributed by atoms with van der Waals surface area (Å²) in [6.45, 7) is 6.72. The number of furan rings is 1. The summed E-state index contributed by atoms with van der Waals surface area (Å²) in [5.74, 6) is 2.66. The molecule has 1 amide bonds. The van der Waals surface area contributed by atoms with Gasteiger partial charge in [-0.1, -0.05) is 48.2 Å². The van der Waals surface area contributed by atoms with Crippen LogP contribution in [0.3, 0.4) is 0 Å². The molecule has 0 aliphatic carbocycles. The van der Waals surface area contributed by atoms with Crippen LogP contribution in [-0.4, -0.2) is 38.4 Å². The highest BCUT2D eigenvalue weighted by Crippen LogP contribution is 2.24. The van der Waals surface area contributed by atoms with Crippen molar-refractivity contribution in [3.8, 4) is 11.4 Å². The number of carbonyl (C=O) groups excluding carboxylic acids is 1. The molecule has 27 heavy (non-hydrogen) atoms. The number of rotatable bonds is 8. The molecule has 0 spiro atoms. The Kier molecular flexibility index (Phi) is 6.13. The van der Waals surface area contributed by atoms with Crippen molar-refractivity contribution < 1.29 is 9.21 Å². The molecule has 0 bridgehead atoms. The monoisotopic (exact) mass is 382 g/mol. The van der Waals surface area contributed by atoms with Crippen LogP contribution in [0.4, 0.5) is 0 Å². The number of hydrogen-bond donors (Lipinski definition) is 0. The average molecular weight is 382 g/mol. The Morgan fingerprint density at radius 2 is 2.04 bits per heavy atom. The van der Waals surface area contributed by atoms with Gasteiger partial charge in [-0.2, -0.15) is 0 Å². The van der Waals surface area contributed by atoms with Gasteiger partial charge in [0.15, 0.2) is 11.0 Å². The molecule has 0 fully saturated rings. The van der Waals surface area contributed by atoms with Crippen LogP contribution in [0.25, 0.3) is 11.4 Å². The van der Waals surface area contributed by atoms with E-state index in [4.69, 9.17) is 4.42 Å². The van der Waals surface area contributed by atoms with E-state index in [-0.39, 0.29) is 11.7 Å². The van der Waals surface area contributed by atoms with Crippen molar-refractivity contribution in [2.75, 3.05) is 12.8 Å². The Labute approximate surface area is 162 Å². The van der Waals surface area contributed by atoms with Gasteiger partial charge in [-0.15, -0.1) is 16.8 Å². The summed E-state index contributed by atoms with van der Waals surface area (Å²) in [6, 6.07) is 13.6. The third-order valence-electron chi connectivity index (χ3n) is 4.00. The molecule has 140 valence electrons. The molecular weight excluding hydrogens is 360 g/mol. The molecule has 7 heteroatoms. The minimum atomic E-state index is 0.00321. The largest absolute Gasteiger partial charge is 0.464 e. The van der Waals surface area contributed by atoms with Gasteiger partial charge in [-0.05, 0) is 19.1 Å². The van der Waals surface area contributed by atoms with Gasteiger partial charge in [0.2, 0.25) is 5.91 Å².